The fourth-order valence-electron chi connectivity index (χ4n) is 1.41. The highest BCUT2D eigenvalue weighted by Crippen LogP contribution is 2.47. The summed E-state index contributed by atoms with van der Waals surface area (Å²) in [6.45, 7) is 7.87. The molecular weight excluding hydrogens is 160 g/mol. The lowest BCUT2D eigenvalue weighted by molar-refractivity contribution is 0.182. The van der Waals surface area contributed by atoms with Gasteiger partial charge in [0.25, 0.3) is 0 Å². The number of rotatable bonds is 3. The Morgan fingerprint density at radius 1 is 1.38 bits per heavy atom. The van der Waals surface area contributed by atoms with Crippen LogP contribution in [0.25, 0.3) is 0 Å². The van der Waals surface area contributed by atoms with Crippen molar-refractivity contribution in [1.29, 1.82) is 0 Å². The van der Waals surface area contributed by atoms with Crippen molar-refractivity contribution in [2.45, 2.75) is 46.5 Å². The Morgan fingerprint density at radius 3 is 2.00 bits per heavy atom. The minimum absolute atomic E-state index is 0.792. The molecule has 0 aromatic heterocycles. The summed E-state index contributed by atoms with van der Waals surface area (Å²) in [4.78, 5) is 0. The third-order valence-electron chi connectivity index (χ3n) is 3.61. The van der Waals surface area contributed by atoms with E-state index in [1.807, 2.05) is 0 Å². The molecule has 0 amide bonds. The van der Waals surface area contributed by atoms with Crippen LogP contribution in [0.4, 0.5) is 0 Å². The topological polar surface area (TPSA) is 9.23 Å². The molecule has 2 rings (SSSR count). The molecule has 0 aromatic rings. The van der Waals surface area contributed by atoms with Crippen molar-refractivity contribution in [3.05, 3.63) is 0 Å². The smallest absolute Gasteiger partial charge is 0.0493 e. The lowest BCUT2D eigenvalue weighted by atomic mass is 10.1. The van der Waals surface area contributed by atoms with Gasteiger partial charge in [0.2, 0.25) is 0 Å². The SMILES string of the molecule is CCC1(C)CC1.COCC1C[C@H]1C. The highest BCUT2D eigenvalue weighted by atomic mass is 16.5. The highest BCUT2D eigenvalue weighted by molar-refractivity contribution is 4.86. The molecule has 0 aromatic carbocycles. The Balaban J connectivity index is 0.000000132. The Hall–Kier alpha value is -0.0400. The van der Waals surface area contributed by atoms with Crippen molar-refractivity contribution in [2.24, 2.45) is 17.3 Å². The first-order chi connectivity index (χ1) is 6.11. The summed E-state index contributed by atoms with van der Waals surface area (Å²) in [5, 5.41) is 0. The average molecular weight is 184 g/mol. The zero-order valence-electron chi connectivity index (χ0n) is 9.60. The van der Waals surface area contributed by atoms with Crippen LogP contribution in [-0.4, -0.2) is 13.7 Å². The summed E-state index contributed by atoms with van der Waals surface area (Å²) in [5.74, 6) is 1.84. The maximum atomic E-state index is 4.94. The van der Waals surface area contributed by atoms with Crippen molar-refractivity contribution < 1.29 is 4.74 Å². The monoisotopic (exact) mass is 184 g/mol. The van der Waals surface area contributed by atoms with E-state index in [9.17, 15) is 0 Å². The van der Waals surface area contributed by atoms with Gasteiger partial charge in [-0.3, -0.25) is 0 Å². The van der Waals surface area contributed by atoms with Gasteiger partial charge >= 0.3 is 0 Å². The van der Waals surface area contributed by atoms with Crippen LogP contribution in [0, 0.1) is 17.3 Å². The zero-order valence-corrected chi connectivity index (χ0v) is 9.60. The first-order valence-corrected chi connectivity index (χ1v) is 5.60. The molecule has 2 fully saturated rings. The second kappa shape index (κ2) is 4.45. The van der Waals surface area contributed by atoms with Gasteiger partial charge in [0, 0.05) is 13.7 Å². The molecule has 2 atom stereocenters. The fourth-order valence-corrected chi connectivity index (χ4v) is 1.41. The molecule has 0 bridgehead atoms. The molecule has 1 heteroatoms. The van der Waals surface area contributed by atoms with E-state index in [1.165, 1.54) is 25.7 Å². The third-order valence-corrected chi connectivity index (χ3v) is 3.61. The van der Waals surface area contributed by atoms with Gasteiger partial charge in [-0.05, 0) is 36.5 Å². The molecule has 2 aliphatic carbocycles. The predicted octanol–water partition coefficient (Wildman–Crippen LogP) is 3.49. The predicted molar refractivity (Wildman–Crippen MR) is 56.8 cm³/mol. The van der Waals surface area contributed by atoms with E-state index in [4.69, 9.17) is 4.74 Å². The lowest BCUT2D eigenvalue weighted by Gasteiger charge is -1.96. The van der Waals surface area contributed by atoms with E-state index in [0.29, 0.717) is 0 Å². The van der Waals surface area contributed by atoms with Crippen LogP contribution in [0.3, 0.4) is 0 Å². The zero-order chi connectivity index (χ0) is 9.90. The molecule has 1 nitrogen and oxygen atoms in total. The van der Waals surface area contributed by atoms with Gasteiger partial charge in [-0.25, -0.2) is 0 Å². The molecule has 0 spiro atoms. The van der Waals surface area contributed by atoms with E-state index < -0.39 is 0 Å². The summed E-state index contributed by atoms with van der Waals surface area (Å²) < 4.78 is 4.94. The van der Waals surface area contributed by atoms with Gasteiger partial charge in [0.05, 0.1) is 0 Å². The van der Waals surface area contributed by atoms with E-state index in [-0.39, 0.29) is 0 Å². The Kier molecular flexibility index (Phi) is 3.78. The number of ether oxygens (including phenoxy) is 1. The second-order valence-corrected chi connectivity index (χ2v) is 5.09. The Morgan fingerprint density at radius 2 is 1.92 bits per heavy atom. The van der Waals surface area contributed by atoms with Crippen LogP contribution >= 0.6 is 0 Å². The number of methoxy groups -OCH3 is 1. The maximum Gasteiger partial charge on any atom is 0.0493 e. The van der Waals surface area contributed by atoms with Gasteiger partial charge < -0.3 is 4.74 Å². The maximum absolute atomic E-state index is 4.94. The van der Waals surface area contributed by atoms with E-state index >= 15 is 0 Å². The number of hydrogen-bond acceptors (Lipinski definition) is 1. The summed E-state index contributed by atoms with van der Waals surface area (Å²) in [6, 6.07) is 0. The second-order valence-electron chi connectivity index (χ2n) is 5.09. The minimum atomic E-state index is 0.792. The summed E-state index contributed by atoms with van der Waals surface area (Å²) in [6.07, 6.45) is 5.72. The molecular formula is C12H24O. The van der Waals surface area contributed by atoms with Gasteiger partial charge in [-0.15, -0.1) is 0 Å². The van der Waals surface area contributed by atoms with Crippen LogP contribution in [0.15, 0.2) is 0 Å². The molecule has 78 valence electrons. The van der Waals surface area contributed by atoms with Crippen LogP contribution in [-0.2, 0) is 4.74 Å². The number of hydrogen-bond donors (Lipinski definition) is 0. The van der Waals surface area contributed by atoms with E-state index in [2.05, 4.69) is 20.8 Å². The lowest BCUT2D eigenvalue weighted by Crippen LogP contribution is -1.90. The summed E-state index contributed by atoms with van der Waals surface area (Å²) >= 11 is 0. The first kappa shape index (κ1) is 11.0. The quantitative estimate of drug-likeness (QED) is 0.652. The van der Waals surface area contributed by atoms with Gasteiger partial charge in [-0.1, -0.05) is 27.2 Å². The fraction of sp³-hybridized carbons (Fsp3) is 1.00. The van der Waals surface area contributed by atoms with Crippen molar-refractivity contribution in [1.82, 2.24) is 0 Å². The van der Waals surface area contributed by atoms with Gasteiger partial charge in [0.1, 0.15) is 0 Å². The van der Waals surface area contributed by atoms with Crippen molar-refractivity contribution in [3.8, 4) is 0 Å². The van der Waals surface area contributed by atoms with Crippen LogP contribution in [0.1, 0.15) is 46.5 Å². The third kappa shape index (κ3) is 4.12. The van der Waals surface area contributed by atoms with Gasteiger partial charge in [0.15, 0.2) is 0 Å². The molecule has 2 saturated carbocycles. The summed E-state index contributed by atoms with van der Waals surface area (Å²) in [7, 11) is 1.77. The molecule has 0 saturated heterocycles. The average Bonchev–Trinajstić information content (AvgIpc) is 2.98. The Bertz CT molecular complexity index is 149. The van der Waals surface area contributed by atoms with Crippen LogP contribution in [0.2, 0.25) is 0 Å². The van der Waals surface area contributed by atoms with Crippen molar-refractivity contribution in [2.75, 3.05) is 13.7 Å². The Labute approximate surface area is 82.9 Å². The van der Waals surface area contributed by atoms with Crippen LogP contribution < -0.4 is 0 Å². The molecule has 2 aliphatic rings. The molecule has 1 unspecified atom stereocenters. The molecule has 0 N–H and O–H groups in total. The molecule has 0 aliphatic heterocycles. The standard InChI is InChI=1S/C6H12O.C6H12/c1-5-3-6(5)4-7-2;1-3-6(2)4-5-6/h5-6H,3-4H2,1-2H3;3-5H2,1-2H3/t5-,6?;/m1./s1. The molecule has 0 heterocycles. The summed E-state index contributed by atoms with van der Waals surface area (Å²) in [5.41, 5.74) is 0.792. The van der Waals surface area contributed by atoms with Gasteiger partial charge in [-0.2, -0.15) is 0 Å². The molecule has 0 radical (unpaired) electrons. The van der Waals surface area contributed by atoms with E-state index in [0.717, 1.165) is 23.9 Å². The largest absolute Gasteiger partial charge is 0.384 e. The first-order valence-electron chi connectivity index (χ1n) is 5.60. The normalized spacial score (nSPS) is 33.2. The van der Waals surface area contributed by atoms with E-state index in [1.54, 1.807) is 7.11 Å². The van der Waals surface area contributed by atoms with Crippen LogP contribution in [0.5, 0.6) is 0 Å². The highest BCUT2D eigenvalue weighted by Gasteiger charge is 2.34. The van der Waals surface area contributed by atoms with Crippen molar-refractivity contribution >= 4 is 0 Å². The van der Waals surface area contributed by atoms with Crippen molar-refractivity contribution in [3.63, 3.8) is 0 Å². The minimum Gasteiger partial charge on any atom is -0.384 e. The molecule has 13 heavy (non-hydrogen) atoms.